The summed E-state index contributed by atoms with van der Waals surface area (Å²) >= 11 is 1.52. The molecule has 0 unspecified atom stereocenters. The summed E-state index contributed by atoms with van der Waals surface area (Å²) in [6.07, 6.45) is 0.623. The Labute approximate surface area is 184 Å². The van der Waals surface area contributed by atoms with Gasteiger partial charge in [0, 0.05) is 16.6 Å². The van der Waals surface area contributed by atoms with Gasteiger partial charge in [-0.3, -0.25) is 4.79 Å². The molecule has 0 radical (unpaired) electrons. The van der Waals surface area contributed by atoms with Crippen LogP contribution in [-0.4, -0.2) is 26.9 Å². The number of anilines is 1. The number of hydrogen-bond acceptors (Lipinski definition) is 5. The van der Waals surface area contributed by atoms with Gasteiger partial charge >= 0.3 is 0 Å². The Balaban J connectivity index is 1.54. The van der Waals surface area contributed by atoms with Crippen molar-refractivity contribution >= 4 is 33.0 Å². The SMILES string of the molecule is C[C@@H]1Cc2cc(S(N)(=O)=O)ccc2N1CC(=O)N[C@H](c1ccc(F)cc1)c1cccs1. The lowest BCUT2D eigenvalue weighted by Gasteiger charge is -2.26. The largest absolute Gasteiger partial charge is 0.359 e. The first kappa shape index (κ1) is 21.5. The summed E-state index contributed by atoms with van der Waals surface area (Å²) in [5.74, 6) is -0.515. The minimum Gasteiger partial charge on any atom is -0.359 e. The van der Waals surface area contributed by atoms with Gasteiger partial charge in [0.05, 0.1) is 17.5 Å². The molecule has 3 N–H and O–H groups in total. The number of fused-ring (bicyclic) bond motifs is 1. The van der Waals surface area contributed by atoms with E-state index in [2.05, 4.69) is 5.32 Å². The van der Waals surface area contributed by atoms with Crippen LogP contribution in [0.15, 0.2) is 64.9 Å². The maximum absolute atomic E-state index is 13.4. The van der Waals surface area contributed by atoms with Gasteiger partial charge in [-0.2, -0.15) is 0 Å². The van der Waals surface area contributed by atoms with Crippen molar-refractivity contribution in [3.63, 3.8) is 0 Å². The fourth-order valence-electron chi connectivity index (χ4n) is 3.88. The van der Waals surface area contributed by atoms with Crippen LogP contribution in [0.5, 0.6) is 0 Å². The highest BCUT2D eigenvalue weighted by molar-refractivity contribution is 7.89. The predicted molar refractivity (Wildman–Crippen MR) is 119 cm³/mol. The number of hydrogen-bond donors (Lipinski definition) is 2. The molecule has 162 valence electrons. The first-order valence-electron chi connectivity index (χ1n) is 9.73. The Kier molecular flexibility index (Phi) is 5.83. The van der Waals surface area contributed by atoms with Crippen molar-refractivity contribution in [3.8, 4) is 0 Å². The molecule has 0 bridgehead atoms. The van der Waals surface area contributed by atoms with Crippen LogP contribution in [0.2, 0.25) is 0 Å². The molecule has 1 aromatic heterocycles. The predicted octanol–water partition coefficient (Wildman–Crippen LogP) is 3.19. The second-order valence-corrected chi connectivity index (χ2v) is 10.1. The van der Waals surface area contributed by atoms with Crippen LogP contribution < -0.4 is 15.4 Å². The van der Waals surface area contributed by atoms with Crippen molar-refractivity contribution in [3.05, 3.63) is 81.8 Å². The molecule has 0 spiro atoms. The average molecular weight is 460 g/mol. The number of sulfonamides is 1. The number of amides is 1. The third-order valence-corrected chi connectivity index (χ3v) is 7.23. The van der Waals surface area contributed by atoms with Crippen LogP contribution in [0, 0.1) is 5.82 Å². The summed E-state index contributed by atoms with van der Waals surface area (Å²) < 4.78 is 36.7. The fourth-order valence-corrected chi connectivity index (χ4v) is 5.25. The minimum atomic E-state index is -3.78. The number of nitrogens with two attached hydrogens (primary N) is 1. The standard InChI is InChI=1S/C22H22FN3O3S2/c1-14-11-16-12-18(31(24,28)29)8-9-19(16)26(14)13-21(27)25-22(20-3-2-10-30-20)15-4-6-17(23)7-5-15/h2-10,12,14,22H,11,13H2,1H3,(H,25,27)(H2,24,28,29)/t14-,22-/m1/s1. The third-order valence-electron chi connectivity index (χ3n) is 5.39. The van der Waals surface area contributed by atoms with E-state index in [0.29, 0.717) is 6.42 Å². The number of carbonyl (C=O) groups excluding carboxylic acids is 1. The molecule has 0 saturated heterocycles. The summed E-state index contributed by atoms with van der Waals surface area (Å²) in [5.41, 5.74) is 2.47. The van der Waals surface area contributed by atoms with Gasteiger partial charge in [-0.15, -0.1) is 11.3 Å². The molecule has 9 heteroatoms. The van der Waals surface area contributed by atoms with Crippen molar-refractivity contribution < 1.29 is 17.6 Å². The lowest BCUT2D eigenvalue weighted by molar-refractivity contribution is -0.120. The number of nitrogens with zero attached hydrogens (tertiary/aromatic N) is 1. The number of nitrogens with one attached hydrogen (secondary N) is 1. The number of thiophene rings is 1. The Morgan fingerprint density at radius 3 is 2.65 bits per heavy atom. The molecule has 1 amide bonds. The zero-order valence-corrected chi connectivity index (χ0v) is 18.4. The number of halogens is 1. The van der Waals surface area contributed by atoms with Crippen LogP contribution in [0.4, 0.5) is 10.1 Å². The van der Waals surface area contributed by atoms with E-state index in [1.165, 1.54) is 29.5 Å². The molecule has 6 nitrogen and oxygen atoms in total. The summed E-state index contributed by atoms with van der Waals surface area (Å²) in [7, 11) is -3.78. The molecule has 3 aromatic rings. The van der Waals surface area contributed by atoms with Gasteiger partial charge < -0.3 is 10.2 Å². The van der Waals surface area contributed by atoms with E-state index in [1.54, 1.807) is 24.3 Å². The van der Waals surface area contributed by atoms with Gasteiger partial charge in [0.25, 0.3) is 0 Å². The summed E-state index contributed by atoms with van der Waals surface area (Å²) in [6.45, 7) is 2.10. The van der Waals surface area contributed by atoms with Crippen LogP contribution >= 0.6 is 11.3 Å². The van der Waals surface area contributed by atoms with E-state index >= 15 is 0 Å². The van der Waals surface area contributed by atoms with Crippen LogP contribution in [-0.2, 0) is 21.2 Å². The van der Waals surface area contributed by atoms with E-state index in [-0.39, 0.29) is 35.2 Å². The molecule has 2 atom stereocenters. The molecule has 31 heavy (non-hydrogen) atoms. The highest BCUT2D eigenvalue weighted by Gasteiger charge is 2.29. The van der Waals surface area contributed by atoms with E-state index in [4.69, 9.17) is 5.14 Å². The molecule has 0 fully saturated rings. The zero-order valence-electron chi connectivity index (χ0n) is 16.8. The lowest BCUT2D eigenvalue weighted by atomic mass is 10.1. The summed E-state index contributed by atoms with van der Waals surface area (Å²) in [4.78, 5) is 16.0. The smallest absolute Gasteiger partial charge is 0.240 e. The molecule has 0 saturated carbocycles. The number of benzene rings is 2. The molecule has 1 aliphatic heterocycles. The van der Waals surface area contributed by atoms with Crippen LogP contribution in [0.25, 0.3) is 0 Å². The molecular formula is C22H22FN3O3S2. The van der Waals surface area contributed by atoms with E-state index in [9.17, 15) is 17.6 Å². The van der Waals surface area contributed by atoms with Gasteiger partial charge in [0.15, 0.2) is 0 Å². The van der Waals surface area contributed by atoms with E-state index in [0.717, 1.165) is 21.7 Å². The maximum atomic E-state index is 13.4. The average Bonchev–Trinajstić information content (AvgIpc) is 3.34. The van der Waals surface area contributed by atoms with Crippen molar-refractivity contribution in [2.45, 2.75) is 30.3 Å². The van der Waals surface area contributed by atoms with Gasteiger partial charge in [0.2, 0.25) is 15.9 Å². The van der Waals surface area contributed by atoms with Crippen LogP contribution in [0.3, 0.4) is 0 Å². The van der Waals surface area contributed by atoms with Crippen molar-refractivity contribution in [1.29, 1.82) is 0 Å². The highest BCUT2D eigenvalue weighted by atomic mass is 32.2. The molecule has 4 rings (SSSR count). The van der Waals surface area contributed by atoms with Crippen LogP contribution in [0.1, 0.15) is 29.0 Å². The topological polar surface area (TPSA) is 92.5 Å². The Bertz CT molecular complexity index is 1200. The number of primary sulfonamides is 1. The van der Waals surface area contributed by atoms with Gasteiger partial charge in [0.1, 0.15) is 5.82 Å². The van der Waals surface area contributed by atoms with E-state index < -0.39 is 10.0 Å². The zero-order chi connectivity index (χ0) is 22.2. The van der Waals surface area contributed by atoms with Crippen molar-refractivity contribution in [2.75, 3.05) is 11.4 Å². The third kappa shape index (κ3) is 4.63. The molecule has 1 aliphatic rings. The molecule has 2 aromatic carbocycles. The molecule has 0 aliphatic carbocycles. The minimum absolute atomic E-state index is 0.0301. The Morgan fingerprint density at radius 2 is 2.00 bits per heavy atom. The lowest BCUT2D eigenvalue weighted by Crippen LogP contribution is -2.41. The normalized spacial score (nSPS) is 16.7. The van der Waals surface area contributed by atoms with Gasteiger partial charge in [-0.1, -0.05) is 18.2 Å². The quantitative estimate of drug-likeness (QED) is 0.592. The Morgan fingerprint density at radius 1 is 1.26 bits per heavy atom. The maximum Gasteiger partial charge on any atom is 0.240 e. The number of rotatable bonds is 6. The fraction of sp³-hybridized carbons (Fsp3) is 0.227. The summed E-state index contributed by atoms with van der Waals surface area (Å²) in [5, 5.41) is 10.2. The van der Waals surface area contributed by atoms with E-state index in [1.807, 2.05) is 29.3 Å². The first-order chi connectivity index (χ1) is 14.7. The highest BCUT2D eigenvalue weighted by Crippen LogP contribution is 2.33. The molecular weight excluding hydrogens is 437 g/mol. The Hall–Kier alpha value is -2.75. The number of carbonyl (C=O) groups is 1. The monoisotopic (exact) mass is 459 g/mol. The van der Waals surface area contributed by atoms with Gasteiger partial charge in [-0.25, -0.2) is 17.9 Å². The molecule has 2 heterocycles. The summed E-state index contributed by atoms with van der Waals surface area (Å²) in [6, 6.07) is 14.3. The second kappa shape index (κ2) is 8.41. The van der Waals surface area contributed by atoms with Crippen molar-refractivity contribution in [1.82, 2.24) is 5.32 Å². The van der Waals surface area contributed by atoms with Gasteiger partial charge in [-0.05, 0) is 66.2 Å². The van der Waals surface area contributed by atoms with Crippen molar-refractivity contribution in [2.24, 2.45) is 5.14 Å². The first-order valence-corrected chi connectivity index (χ1v) is 12.2. The second-order valence-electron chi connectivity index (χ2n) is 7.58.